The minimum absolute atomic E-state index is 0.0985. The molecule has 0 saturated carbocycles. The molecule has 3 aromatic carbocycles. The molecule has 1 unspecified atom stereocenters. The fourth-order valence-electron chi connectivity index (χ4n) is 3.17. The van der Waals surface area contributed by atoms with Crippen molar-refractivity contribution in [1.82, 2.24) is 0 Å². The van der Waals surface area contributed by atoms with Crippen molar-refractivity contribution < 1.29 is 22.6 Å². The predicted molar refractivity (Wildman–Crippen MR) is 119 cm³/mol. The molecule has 0 N–H and O–H groups in total. The minimum Gasteiger partial charge on any atom is -0.457 e. The molecule has 6 heteroatoms. The Balaban J connectivity index is 1.59. The van der Waals surface area contributed by atoms with Crippen LogP contribution < -0.4 is 4.74 Å². The summed E-state index contributed by atoms with van der Waals surface area (Å²) in [5.74, 6) is 1.51. The first-order valence-electron chi connectivity index (χ1n) is 10.0. The van der Waals surface area contributed by atoms with Gasteiger partial charge in [-0.05, 0) is 65.7 Å². The normalized spacial score (nSPS) is 13.6. The molecule has 0 fully saturated rings. The fourth-order valence-corrected chi connectivity index (χ4v) is 3.71. The summed E-state index contributed by atoms with van der Waals surface area (Å²) in [5.41, 5.74) is -2.62. The molecule has 1 atom stereocenters. The van der Waals surface area contributed by atoms with Crippen molar-refractivity contribution in [3.8, 4) is 11.5 Å². The van der Waals surface area contributed by atoms with Crippen LogP contribution >= 0.6 is 11.8 Å². The Labute approximate surface area is 185 Å². The predicted octanol–water partition coefficient (Wildman–Crippen LogP) is 7.98. The number of para-hydroxylation sites is 1. The Hall–Kier alpha value is -2.44. The van der Waals surface area contributed by atoms with E-state index in [1.54, 1.807) is 12.1 Å². The largest absolute Gasteiger partial charge is 0.457 e. The van der Waals surface area contributed by atoms with E-state index in [2.05, 4.69) is 13.8 Å². The van der Waals surface area contributed by atoms with Crippen LogP contribution in [0.5, 0.6) is 11.5 Å². The summed E-state index contributed by atoms with van der Waals surface area (Å²) in [6.45, 7) is 4.99. The van der Waals surface area contributed by atoms with Gasteiger partial charge in [-0.25, -0.2) is 0 Å². The van der Waals surface area contributed by atoms with Crippen LogP contribution in [-0.4, -0.2) is 12.1 Å². The second-order valence-electron chi connectivity index (χ2n) is 7.54. The molecule has 0 radical (unpaired) electrons. The van der Waals surface area contributed by atoms with Gasteiger partial charge in [-0.2, -0.15) is 13.2 Å². The molecule has 0 aliphatic heterocycles. The maximum Gasteiger partial charge on any atom is 0.446 e. The van der Waals surface area contributed by atoms with Gasteiger partial charge >= 0.3 is 5.51 Å². The van der Waals surface area contributed by atoms with Crippen LogP contribution in [0.15, 0.2) is 83.8 Å². The van der Waals surface area contributed by atoms with E-state index in [1.807, 2.05) is 54.6 Å². The van der Waals surface area contributed by atoms with E-state index >= 15 is 0 Å². The van der Waals surface area contributed by atoms with Crippen molar-refractivity contribution in [3.63, 3.8) is 0 Å². The minimum atomic E-state index is -4.28. The Morgan fingerprint density at radius 1 is 0.839 bits per heavy atom. The molecule has 2 nitrogen and oxygen atoms in total. The summed E-state index contributed by atoms with van der Waals surface area (Å²) in [6, 6.07) is 23.9. The topological polar surface area (TPSA) is 18.5 Å². The van der Waals surface area contributed by atoms with E-state index in [-0.39, 0.29) is 22.1 Å². The van der Waals surface area contributed by atoms with Crippen LogP contribution in [0.25, 0.3) is 0 Å². The number of ether oxygens (including phenoxy) is 2. The molecule has 164 valence electrons. The van der Waals surface area contributed by atoms with E-state index in [0.717, 1.165) is 29.0 Å². The number of halogens is 3. The van der Waals surface area contributed by atoms with Gasteiger partial charge < -0.3 is 9.47 Å². The van der Waals surface area contributed by atoms with Crippen LogP contribution in [0.1, 0.15) is 31.4 Å². The molecule has 31 heavy (non-hydrogen) atoms. The van der Waals surface area contributed by atoms with Gasteiger partial charge in [-0.1, -0.05) is 56.3 Å². The Kier molecular flexibility index (Phi) is 7.68. The molecule has 0 aromatic heterocycles. The molecule has 0 aliphatic rings. The summed E-state index contributed by atoms with van der Waals surface area (Å²) in [7, 11) is 0. The molecule has 0 saturated heterocycles. The molecule has 3 rings (SSSR count). The molecular weight excluding hydrogens is 421 g/mol. The summed E-state index contributed by atoms with van der Waals surface area (Å²) in [4.78, 5) is 0.186. The maximum absolute atomic E-state index is 12.6. The molecule has 3 aromatic rings. The average molecular weight is 447 g/mol. The molecule has 0 amide bonds. The quantitative estimate of drug-likeness (QED) is 0.311. The Morgan fingerprint density at radius 3 is 2.16 bits per heavy atom. The van der Waals surface area contributed by atoms with Crippen molar-refractivity contribution in [1.29, 1.82) is 0 Å². The number of hydrogen-bond acceptors (Lipinski definition) is 3. The lowest BCUT2D eigenvalue weighted by molar-refractivity contribution is -0.0328. The van der Waals surface area contributed by atoms with Crippen molar-refractivity contribution >= 4 is 11.8 Å². The summed E-state index contributed by atoms with van der Waals surface area (Å²) < 4.78 is 49.5. The lowest BCUT2D eigenvalue weighted by Gasteiger charge is -2.29. The van der Waals surface area contributed by atoms with Crippen molar-refractivity contribution in [2.24, 2.45) is 0 Å². The lowest BCUT2D eigenvalue weighted by atomic mass is 9.81. The summed E-state index contributed by atoms with van der Waals surface area (Å²) >= 11 is -0.0985. The third-order valence-electron chi connectivity index (χ3n) is 5.13. The fraction of sp³-hybridized carbons (Fsp3) is 0.280. The maximum atomic E-state index is 12.6. The van der Waals surface area contributed by atoms with Crippen LogP contribution in [-0.2, 0) is 16.8 Å². The van der Waals surface area contributed by atoms with E-state index in [9.17, 15) is 13.2 Å². The highest BCUT2D eigenvalue weighted by molar-refractivity contribution is 8.00. The zero-order valence-electron chi connectivity index (χ0n) is 17.5. The van der Waals surface area contributed by atoms with Crippen LogP contribution in [0.3, 0.4) is 0 Å². The smallest absolute Gasteiger partial charge is 0.446 e. The van der Waals surface area contributed by atoms with Gasteiger partial charge in [-0.15, -0.1) is 0 Å². The second kappa shape index (κ2) is 10.2. The van der Waals surface area contributed by atoms with E-state index < -0.39 is 5.51 Å². The summed E-state index contributed by atoms with van der Waals surface area (Å²) in [6.07, 6.45) is 0.802. The Morgan fingerprint density at radius 2 is 1.52 bits per heavy atom. The number of hydrogen-bond donors (Lipinski definition) is 0. The first kappa shape index (κ1) is 23.2. The molecular formula is C25H25F3O2S. The van der Waals surface area contributed by atoms with Crippen molar-refractivity contribution in [2.45, 2.75) is 42.7 Å². The summed E-state index contributed by atoms with van der Waals surface area (Å²) in [5, 5.41) is 0. The highest BCUT2D eigenvalue weighted by Crippen LogP contribution is 2.38. The lowest BCUT2D eigenvalue weighted by Crippen LogP contribution is -2.27. The number of thioether (sulfide) groups is 1. The van der Waals surface area contributed by atoms with Crippen molar-refractivity contribution in [2.75, 3.05) is 6.61 Å². The second-order valence-corrected chi connectivity index (χ2v) is 8.68. The highest BCUT2D eigenvalue weighted by atomic mass is 32.2. The first-order chi connectivity index (χ1) is 14.8. The third kappa shape index (κ3) is 7.04. The van der Waals surface area contributed by atoms with Gasteiger partial charge in [0.15, 0.2) is 0 Å². The van der Waals surface area contributed by atoms with Gasteiger partial charge in [-0.3, -0.25) is 0 Å². The molecule has 0 bridgehead atoms. The van der Waals surface area contributed by atoms with Gasteiger partial charge in [0.25, 0.3) is 0 Å². The first-order valence-corrected chi connectivity index (χ1v) is 10.8. The van der Waals surface area contributed by atoms with Gasteiger partial charge in [0.2, 0.25) is 0 Å². The third-order valence-corrected chi connectivity index (χ3v) is 5.87. The number of alkyl halides is 3. The van der Waals surface area contributed by atoms with Gasteiger partial charge in [0.05, 0.1) is 13.2 Å². The monoisotopic (exact) mass is 446 g/mol. The van der Waals surface area contributed by atoms with Crippen LogP contribution in [0, 0.1) is 0 Å². The highest BCUT2D eigenvalue weighted by Gasteiger charge is 2.30. The van der Waals surface area contributed by atoms with Gasteiger partial charge in [0, 0.05) is 10.3 Å². The average Bonchev–Trinajstić information content (AvgIpc) is 2.74. The van der Waals surface area contributed by atoms with Gasteiger partial charge in [0.1, 0.15) is 11.5 Å². The number of rotatable bonds is 9. The van der Waals surface area contributed by atoms with E-state index in [1.165, 1.54) is 12.1 Å². The van der Waals surface area contributed by atoms with E-state index in [0.29, 0.717) is 13.2 Å². The van der Waals surface area contributed by atoms with Crippen molar-refractivity contribution in [3.05, 3.63) is 90.0 Å². The number of benzene rings is 3. The Bertz CT molecular complexity index is 959. The molecule has 0 aliphatic carbocycles. The zero-order valence-corrected chi connectivity index (χ0v) is 18.3. The molecule has 0 heterocycles. The van der Waals surface area contributed by atoms with Crippen LogP contribution in [0.4, 0.5) is 13.2 Å². The van der Waals surface area contributed by atoms with E-state index in [4.69, 9.17) is 9.47 Å². The van der Waals surface area contributed by atoms with Crippen LogP contribution in [0.2, 0.25) is 0 Å². The molecule has 0 spiro atoms. The SMILES string of the molecule is CCC(C)(COCc1cccc(Oc2ccccc2)c1)c1ccc(SC(F)(F)F)cc1. The zero-order chi connectivity index (χ0) is 22.3. The standard InChI is InChI=1S/C25H25F3O2S/c1-3-24(2,20-12-14-23(15-13-20)31-25(26,27)28)18-29-17-19-8-7-11-22(16-19)30-21-9-5-4-6-10-21/h4-16H,3,17-18H2,1-2H3.